The van der Waals surface area contributed by atoms with E-state index in [1.807, 2.05) is 24.3 Å². The van der Waals surface area contributed by atoms with Gasteiger partial charge in [-0.05, 0) is 112 Å². The summed E-state index contributed by atoms with van der Waals surface area (Å²) in [6, 6.07) is 12.8. The maximum absolute atomic E-state index is 15.0. The van der Waals surface area contributed by atoms with Gasteiger partial charge in [-0.15, -0.1) is 0 Å². The average Bonchev–Trinajstić information content (AvgIpc) is 3.87. The molecule has 1 aromatic carbocycles. The number of rotatable bonds is 10. The number of halogens is 1. The Balaban J connectivity index is 1.05. The predicted octanol–water partition coefficient (Wildman–Crippen LogP) is 6.89. The number of ether oxygens (including phenoxy) is 1. The molecule has 2 aliphatic heterocycles. The summed E-state index contributed by atoms with van der Waals surface area (Å²) in [6.45, 7) is 7.57. The molecule has 0 bridgehead atoms. The minimum absolute atomic E-state index is 0.00547. The third-order valence-electron chi connectivity index (χ3n) is 10.2. The number of fused-ring (bicyclic) bond motifs is 2. The number of anilines is 1. The molecular weight excluding hydrogens is 643 g/mol. The van der Waals surface area contributed by atoms with Crippen molar-refractivity contribution in [3.8, 4) is 28.4 Å². The Kier molecular flexibility index (Phi) is 9.47. The zero-order valence-electron chi connectivity index (χ0n) is 28.9. The number of carbonyl (C=O) groups is 1. The van der Waals surface area contributed by atoms with Crippen molar-refractivity contribution in [3.63, 3.8) is 0 Å². The van der Waals surface area contributed by atoms with E-state index in [-0.39, 0.29) is 11.7 Å². The topological polar surface area (TPSA) is 124 Å². The van der Waals surface area contributed by atoms with E-state index in [2.05, 4.69) is 60.8 Å². The van der Waals surface area contributed by atoms with Gasteiger partial charge in [-0.1, -0.05) is 17.7 Å². The maximum Gasteiger partial charge on any atom is 0.224 e. The Morgan fingerprint density at radius 2 is 1.90 bits per heavy atom. The highest BCUT2D eigenvalue weighted by atomic mass is 19.1. The van der Waals surface area contributed by atoms with E-state index in [9.17, 15) is 4.79 Å². The largest absolute Gasteiger partial charge is 0.492 e. The quantitative estimate of drug-likeness (QED) is 0.126. The zero-order chi connectivity index (χ0) is 34.7. The smallest absolute Gasteiger partial charge is 0.224 e. The highest BCUT2D eigenvalue weighted by Gasteiger charge is 2.22. The number of nitrogens with one attached hydrogen (secondary N) is 4. The molecule has 1 aliphatic carbocycles. The molecule has 262 valence electrons. The van der Waals surface area contributed by atoms with Gasteiger partial charge in [0.2, 0.25) is 5.91 Å². The second-order valence-electron chi connectivity index (χ2n) is 14.0. The summed E-state index contributed by atoms with van der Waals surface area (Å²) in [5, 5.41) is 14.2. The first-order chi connectivity index (χ1) is 24.9. The molecule has 1 amide bonds. The monoisotopic (exact) mass is 686 g/mol. The molecule has 5 aromatic rings. The third-order valence-corrected chi connectivity index (χ3v) is 10.2. The Morgan fingerprint density at radius 3 is 2.76 bits per heavy atom. The molecule has 51 heavy (non-hydrogen) atoms. The SMILES string of the molecule is CC1=CC=C(c2cc(F)cc(OCCN3CCCC3)c2)c2cc(-c3n[nH]c4ccc(-c5cncc(NC(=O)CC6CCNCC6)c5)nc34)[nH]c2C1. The summed E-state index contributed by atoms with van der Waals surface area (Å²) < 4.78 is 21.1. The van der Waals surface area contributed by atoms with Crippen molar-refractivity contribution in [2.75, 3.05) is 44.6 Å². The van der Waals surface area contributed by atoms with Gasteiger partial charge in [-0.25, -0.2) is 9.37 Å². The molecule has 4 N–H and O–H groups in total. The molecule has 6 heterocycles. The molecule has 2 fully saturated rings. The van der Waals surface area contributed by atoms with Crippen LogP contribution in [-0.2, 0) is 11.2 Å². The van der Waals surface area contributed by atoms with Crippen LogP contribution >= 0.6 is 0 Å². The lowest BCUT2D eigenvalue weighted by molar-refractivity contribution is -0.117. The first-order valence-electron chi connectivity index (χ1n) is 18.0. The van der Waals surface area contributed by atoms with Crippen molar-refractivity contribution in [1.29, 1.82) is 0 Å². The van der Waals surface area contributed by atoms with E-state index in [0.717, 1.165) is 90.4 Å². The van der Waals surface area contributed by atoms with E-state index in [1.165, 1.54) is 24.5 Å². The lowest BCUT2D eigenvalue weighted by Crippen LogP contribution is -2.30. The minimum atomic E-state index is -0.332. The number of likely N-dealkylation sites (tertiary alicyclic amines) is 1. The van der Waals surface area contributed by atoms with Crippen LogP contribution in [0.2, 0.25) is 0 Å². The molecule has 0 unspecified atom stereocenters. The van der Waals surface area contributed by atoms with Gasteiger partial charge in [-0.2, -0.15) is 5.10 Å². The van der Waals surface area contributed by atoms with Gasteiger partial charge >= 0.3 is 0 Å². The van der Waals surface area contributed by atoms with E-state index >= 15 is 4.39 Å². The lowest BCUT2D eigenvalue weighted by Gasteiger charge is -2.21. The van der Waals surface area contributed by atoms with Gasteiger partial charge in [-0.3, -0.25) is 19.8 Å². The third kappa shape index (κ3) is 7.50. The van der Waals surface area contributed by atoms with Crippen molar-refractivity contribution in [3.05, 3.63) is 95.2 Å². The van der Waals surface area contributed by atoms with E-state index in [4.69, 9.17) is 9.72 Å². The number of aromatic nitrogens is 5. The molecule has 4 aromatic heterocycles. The molecule has 3 aliphatic rings. The standard InChI is InChI=1S/C40H43FN8O2/c1-25-4-5-32(27-18-29(41)21-31(20-27)51-15-14-49-12-2-3-13-49)33-22-37(45-36(33)16-25)40-39-35(47-48-40)7-6-34(46-39)28-19-30(24-43-23-28)44-38(50)17-26-8-10-42-11-9-26/h4-7,18-24,26,42,45H,2-3,8-17H2,1H3,(H,44,50)(H,47,48). The predicted molar refractivity (Wildman–Crippen MR) is 198 cm³/mol. The Hall–Kier alpha value is -5.13. The van der Waals surface area contributed by atoms with Crippen molar-refractivity contribution < 1.29 is 13.9 Å². The highest BCUT2D eigenvalue weighted by Crippen LogP contribution is 2.37. The van der Waals surface area contributed by atoms with Gasteiger partial charge in [0.1, 0.15) is 29.4 Å². The highest BCUT2D eigenvalue weighted by molar-refractivity contribution is 5.94. The lowest BCUT2D eigenvalue weighted by atomic mass is 9.94. The Bertz CT molecular complexity index is 2120. The van der Waals surface area contributed by atoms with Crippen LogP contribution in [0, 0.1) is 11.7 Å². The number of piperidine rings is 1. The first-order valence-corrected chi connectivity index (χ1v) is 18.0. The summed E-state index contributed by atoms with van der Waals surface area (Å²) in [5.41, 5.74) is 10.0. The van der Waals surface area contributed by atoms with Gasteiger partial charge in [0, 0.05) is 48.5 Å². The molecule has 10 nitrogen and oxygen atoms in total. The maximum atomic E-state index is 15.0. The fourth-order valence-electron chi connectivity index (χ4n) is 7.47. The van der Waals surface area contributed by atoms with Gasteiger partial charge < -0.3 is 20.4 Å². The number of allylic oxidation sites excluding steroid dienone is 3. The van der Waals surface area contributed by atoms with Crippen LogP contribution in [0.4, 0.5) is 10.1 Å². The molecule has 0 spiro atoms. The first kappa shape index (κ1) is 33.0. The summed E-state index contributed by atoms with van der Waals surface area (Å²) in [6.07, 6.45) is 13.3. The molecule has 0 radical (unpaired) electrons. The number of benzene rings is 1. The average molecular weight is 687 g/mol. The van der Waals surface area contributed by atoms with Crippen LogP contribution in [0.3, 0.4) is 0 Å². The number of pyridine rings is 2. The second kappa shape index (κ2) is 14.6. The van der Waals surface area contributed by atoms with Crippen LogP contribution in [0.15, 0.2) is 72.6 Å². The fourth-order valence-corrected chi connectivity index (χ4v) is 7.47. The van der Waals surface area contributed by atoms with Crippen molar-refractivity contribution in [1.82, 2.24) is 35.4 Å². The van der Waals surface area contributed by atoms with Gasteiger partial charge in [0.05, 0.1) is 28.8 Å². The van der Waals surface area contributed by atoms with Crippen molar-refractivity contribution in [2.45, 2.75) is 45.4 Å². The summed E-state index contributed by atoms with van der Waals surface area (Å²) in [4.78, 5) is 28.2. The fraction of sp³-hybridized carbons (Fsp3) is 0.350. The number of nitrogens with zero attached hydrogens (tertiary/aromatic N) is 4. The van der Waals surface area contributed by atoms with E-state index in [0.29, 0.717) is 48.0 Å². The molecule has 0 atom stereocenters. The summed E-state index contributed by atoms with van der Waals surface area (Å²) in [7, 11) is 0. The normalized spacial score (nSPS) is 16.8. The number of carbonyl (C=O) groups excluding carboxylic acids is 1. The minimum Gasteiger partial charge on any atom is -0.492 e. The summed E-state index contributed by atoms with van der Waals surface area (Å²) in [5.74, 6) is 0.602. The van der Waals surface area contributed by atoms with E-state index < -0.39 is 0 Å². The number of H-pyrrole nitrogens is 2. The number of amides is 1. The summed E-state index contributed by atoms with van der Waals surface area (Å²) >= 11 is 0. The van der Waals surface area contributed by atoms with Crippen LogP contribution in [0.1, 0.15) is 55.8 Å². The molecular formula is C40H43FN8O2. The van der Waals surface area contributed by atoms with Crippen molar-refractivity contribution >= 4 is 28.2 Å². The van der Waals surface area contributed by atoms with Crippen LogP contribution in [-0.4, -0.2) is 75.3 Å². The molecule has 2 saturated heterocycles. The Morgan fingerprint density at radius 1 is 1.04 bits per heavy atom. The van der Waals surface area contributed by atoms with E-state index in [1.54, 1.807) is 18.5 Å². The number of hydrogen-bond donors (Lipinski definition) is 4. The van der Waals surface area contributed by atoms with Crippen LogP contribution < -0.4 is 15.4 Å². The second-order valence-corrected chi connectivity index (χ2v) is 14.0. The van der Waals surface area contributed by atoms with Crippen molar-refractivity contribution in [2.24, 2.45) is 5.92 Å². The zero-order valence-corrected chi connectivity index (χ0v) is 28.9. The number of hydrogen-bond acceptors (Lipinski definition) is 7. The van der Waals surface area contributed by atoms with Crippen LogP contribution in [0.5, 0.6) is 5.75 Å². The van der Waals surface area contributed by atoms with Gasteiger partial charge in [0.25, 0.3) is 0 Å². The molecule has 8 rings (SSSR count). The molecule has 0 saturated carbocycles. The molecule has 11 heteroatoms. The Labute approximate surface area is 296 Å². The van der Waals surface area contributed by atoms with Gasteiger partial charge in [0.15, 0.2) is 0 Å². The number of aromatic amines is 2. The van der Waals surface area contributed by atoms with Crippen LogP contribution in [0.25, 0.3) is 39.3 Å².